The lowest BCUT2D eigenvalue weighted by molar-refractivity contribution is 0.187. The maximum Gasteiger partial charge on any atom is 0.318 e. The van der Waals surface area contributed by atoms with Crippen LogP contribution < -0.4 is 14.5 Å². The van der Waals surface area contributed by atoms with Gasteiger partial charge >= 0.3 is 6.01 Å². The summed E-state index contributed by atoms with van der Waals surface area (Å²) in [5, 5.41) is 4.55. The summed E-state index contributed by atoms with van der Waals surface area (Å²) in [6.45, 7) is 6.91. The first-order valence-electron chi connectivity index (χ1n) is 14.1. The minimum Gasteiger partial charge on any atom is -0.462 e. The van der Waals surface area contributed by atoms with Gasteiger partial charge < -0.3 is 19.4 Å². The molecule has 2 aliphatic heterocycles. The highest BCUT2D eigenvalue weighted by molar-refractivity contribution is 8.03. The molecule has 1 saturated carbocycles. The summed E-state index contributed by atoms with van der Waals surface area (Å²) >= 11 is 6.69. The van der Waals surface area contributed by atoms with E-state index in [2.05, 4.69) is 65.5 Å². The number of fused-ring (bicyclic) bond motifs is 2. The largest absolute Gasteiger partial charge is 0.462 e. The predicted molar refractivity (Wildman–Crippen MR) is 168 cm³/mol. The Morgan fingerprint density at radius 1 is 1.20 bits per heavy atom. The smallest absolute Gasteiger partial charge is 0.318 e. The third-order valence-corrected chi connectivity index (χ3v) is 11.5. The molecule has 0 spiro atoms. The first kappa shape index (κ1) is 27.4. The molecule has 1 aromatic heterocycles. The van der Waals surface area contributed by atoms with E-state index in [4.69, 9.17) is 26.3 Å². The second-order valence-electron chi connectivity index (χ2n) is 11.4. The van der Waals surface area contributed by atoms with Gasteiger partial charge in [0.15, 0.2) is 0 Å². The van der Waals surface area contributed by atoms with Gasteiger partial charge in [-0.25, -0.2) is 0 Å². The number of benzene rings is 2. The SMILES string of the molecule is C=CS(=C)(=O)C1CC(N(C)c2nc(OC[C@@H]3CCCN3C)nc3c2CCN(c2cccc4cccc(Cl)c24)C3)C1. The number of nitrogens with zero attached hydrogens (tertiary/aromatic N) is 5. The second-order valence-corrected chi connectivity index (χ2v) is 14.4. The number of hydrogen-bond donors (Lipinski definition) is 0. The van der Waals surface area contributed by atoms with E-state index in [1.54, 1.807) is 0 Å². The molecule has 212 valence electrons. The van der Waals surface area contributed by atoms with Gasteiger partial charge in [0.1, 0.15) is 12.4 Å². The first-order valence-corrected chi connectivity index (χ1v) is 16.3. The number of halogens is 1. The molecule has 9 heteroatoms. The van der Waals surface area contributed by atoms with Crippen molar-refractivity contribution in [3.63, 3.8) is 0 Å². The van der Waals surface area contributed by atoms with E-state index >= 15 is 0 Å². The molecular weight excluding hydrogens is 542 g/mol. The molecule has 3 aromatic rings. The van der Waals surface area contributed by atoms with Gasteiger partial charge in [0.2, 0.25) is 0 Å². The van der Waals surface area contributed by atoms with Crippen molar-refractivity contribution < 1.29 is 8.95 Å². The maximum atomic E-state index is 12.7. The van der Waals surface area contributed by atoms with Gasteiger partial charge in [0.25, 0.3) is 0 Å². The van der Waals surface area contributed by atoms with Crippen molar-refractivity contribution in [2.24, 2.45) is 0 Å². The molecule has 0 N–H and O–H groups in total. The highest BCUT2D eigenvalue weighted by Gasteiger charge is 2.38. The van der Waals surface area contributed by atoms with Gasteiger partial charge in [-0.2, -0.15) is 9.97 Å². The van der Waals surface area contributed by atoms with Gasteiger partial charge in [0.05, 0.1) is 17.3 Å². The number of ether oxygens (including phenoxy) is 1. The zero-order valence-corrected chi connectivity index (χ0v) is 25.0. The Hall–Kier alpha value is -2.81. The fourth-order valence-electron chi connectivity index (χ4n) is 6.34. The topological polar surface area (TPSA) is 61.8 Å². The van der Waals surface area contributed by atoms with Crippen molar-refractivity contribution >= 4 is 49.3 Å². The molecule has 3 aliphatic rings. The number of anilines is 2. The van der Waals surface area contributed by atoms with Crippen LogP contribution in [0.5, 0.6) is 6.01 Å². The van der Waals surface area contributed by atoms with E-state index in [9.17, 15) is 4.21 Å². The summed E-state index contributed by atoms with van der Waals surface area (Å²) in [7, 11) is 1.98. The van der Waals surface area contributed by atoms with E-state index < -0.39 is 9.52 Å². The van der Waals surface area contributed by atoms with Crippen LogP contribution in [0.1, 0.15) is 36.9 Å². The molecule has 1 aliphatic carbocycles. The molecule has 2 aromatic carbocycles. The van der Waals surface area contributed by atoms with Gasteiger partial charge in [-0.3, -0.25) is 4.21 Å². The molecule has 40 heavy (non-hydrogen) atoms. The molecule has 1 saturated heterocycles. The van der Waals surface area contributed by atoms with Gasteiger partial charge in [-0.15, -0.1) is 0 Å². The summed E-state index contributed by atoms with van der Waals surface area (Å²) in [4.78, 5) is 16.9. The van der Waals surface area contributed by atoms with Crippen LogP contribution in [0.15, 0.2) is 48.4 Å². The fraction of sp³-hybridized carbons (Fsp3) is 0.452. The Kier molecular flexibility index (Phi) is 7.44. The third kappa shape index (κ3) is 5.06. The third-order valence-electron chi connectivity index (χ3n) is 9.07. The second kappa shape index (κ2) is 10.9. The number of hydrogen-bond acceptors (Lipinski definition) is 7. The average molecular weight is 580 g/mol. The standard InChI is InChI=1S/C31H38ClN5O2S/c1-5-40(4,38)24-17-23(18-24)36(3)30-25-14-16-37(28-13-7-10-21-9-6-12-26(32)29(21)28)19-27(25)33-31(34-30)39-20-22-11-8-15-35(22)2/h5-7,9-10,12-13,22-24H,1,4,8,11,14-20H2,2-3H3/t22-,23?,24?,40?/m0/s1. The van der Waals surface area contributed by atoms with Crippen molar-refractivity contribution in [3.05, 3.63) is 64.7 Å². The van der Waals surface area contributed by atoms with Crippen molar-refractivity contribution in [3.8, 4) is 6.01 Å². The fourth-order valence-corrected chi connectivity index (χ4v) is 7.99. The van der Waals surface area contributed by atoms with Crippen molar-refractivity contribution in [2.45, 2.75) is 56.0 Å². The van der Waals surface area contributed by atoms with E-state index in [-0.39, 0.29) is 11.3 Å². The Bertz CT molecular complexity index is 1530. The summed E-state index contributed by atoms with van der Waals surface area (Å²) in [6.07, 6.45) is 4.76. The van der Waals surface area contributed by atoms with E-state index in [0.717, 1.165) is 77.3 Å². The zero-order valence-electron chi connectivity index (χ0n) is 23.4. The van der Waals surface area contributed by atoms with Crippen molar-refractivity contribution in [1.82, 2.24) is 14.9 Å². The lowest BCUT2D eigenvalue weighted by atomic mass is 9.90. The van der Waals surface area contributed by atoms with Crippen LogP contribution in [0, 0.1) is 0 Å². The summed E-state index contributed by atoms with van der Waals surface area (Å²) in [5.41, 5.74) is 3.27. The lowest BCUT2D eigenvalue weighted by Crippen LogP contribution is -2.49. The molecule has 3 heterocycles. The number of aromatic nitrogens is 2. The van der Waals surface area contributed by atoms with E-state index in [1.807, 2.05) is 12.1 Å². The summed E-state index contributed by atoms with van der Waals surface area (Å²) in [6, 6.07) is 13.4. The Labute approximate surface area is 242 Å². The van der Waals surface area contributed by atoms with Crippen LogP contribution in [0.4, 0.5) is 11.5 Å². The Morgan fingerprint density at radius 3 is 2.70 bits per heavy atom. The van der Waals surface area contributed by atoms with Gasteiger partial charge in [-0.1, -0.05) is 42.4 Å². The molecule has 1 unspecified atom stereocenters. The molecule has 0 amide bonds. The molecule has 7 nitrogen and oxygen atoms in total. The monoisotopic (exact) mass is 579 g/mol. The number of likely N-dealkylation sites (tertiary alicyclic amines) is 1. The minimum absolute atomic E-state index is 0.0651. The quantitative estimate of drug-likeness (QED) is 0.342. The van der Waals surface area contributed by atoms with Crippen LogP contribution in [-0.2, 0) is 22.5 Å². The van der Waals surface area contributed by atoms with Crippen molar-refractivity contribution in [2.75, 3.05) is 43.6 Å². The highest BCUT2D eigenvalue weighted by atomic mass is 35.5. The number of rotatable bonds is 8. The lowest BCUT2D eigenvalue weighted by Gasteiger charge is -2.43. The molecular formula is C31H38ClN5O2S. The predicted octanol–water partition coefficient (Wildman–Crippen LogP) is 5.15. The first-order chi connectivity index (χ1) is 19.2. The Morgan fingerprint density at radius 2 is 1.98 bits per heavy atom. The highest BCUT2D eigenvalue weighted by Crippen LogP contribution is 2.39. The summed E-state index contributed by atoms with van der Waals surface area (Å²) in [5.74, 6) is 4.85. The van der Waals surface area contributed by atoms with Crippen LogP contribution in [0.3, 0.4) is 0 Å². The van der Waals surface area contributed by atoms with Crippen LogP contribution >= 0.6 is 11.6 Å². The number of likely N-dealkylation sites (N-methyl/N-ethyl adjacent to an activating group) is 1. The maximum absolute atomic E-state index is 12.7. The normalized spacial score (nSPS) is 24.3. The van der Waals surface area contributed by atoms with Crippen LogP contribution in [-0.4, -0.2) is 76.1 Å². The Balaban J connectivity index is 1.31. The molecule has 0 bridgehead atoms. The summed E-state index contributed by atoms with van der Waals surface area (Å²) < 4.78 is 19.0. The molecule has 2 fully saturated rings. The molecule has 2 atom stereocenters. The van der Waals surface area contributed by atoms with Crippen LogP contribution in [0.2, 0.25) is 5.02 Å². The van der Waals surface area contributed by atoms with E-state index in [1.165, 1.54) is 11.8 Å². The van der Waals surface area contributed by atoms with E-state index in [0.29, 0.717) is 25.2 Å². The molecule has 6 rings (SSSR count). The van der Waals surface area contributed by atoms with Crippen LogP contribution in [0.25, 0.3) is 10.8 Å². The average Bonchev–Trinajstić information content (AvgIpc) is 3.34. The van der Waals surface area contributed by atoms with Gasteiger partial charge in [-0.05, 0) is 84.0 Å². The molecule has 0 radical (unpaired) electrons. The van der Waals surface area contributed by atoms with Gasteiger partial charge in [0, 0.05) is 47.6 Å². The van der Waals surface area contributed by atoms with Crippen molar-refractivity contribution in [1.29, 1.82) is 0 Å². The zero-order chi connectivity index (χ0) is 28.0. The minimum atomic E-state index is -2.26.